The van der Waals surface area contributed by atoms with Crippen LogP contribution in [0.3, 0.4) is 0 Å². The Morgan fingerprint density at radius 2 is 1.92 bits per heavy atom. The molecule has 122 valence electrons. The lowest BCUT2D eigenvalue weighted by atomic mass is 9.96. The molecule has 3 heterocycles. The summed E-state index contributed by atoms with van der Waals surface area (Å²) in [5.74, 6) is 6.86. The Morgan fingerprint density at radius 1 is 1.12 bits per heavy atom. The molecular formula is C16H16N6OS. The maximum absolute atomic E-state index is 6.15. The molecule has 0 atom stereocenters. The van der Waals surface area contributed by atoms with Gasteiger partial charge in [0, 0.05) is 10.8 Å². The zero-order valence-electron chi connectivity index (χ0n) is 13.5. The summed E-state index contributed by atoms with van der Waals surface area (Å²) in [5.41, 5.74) is 1.99. The average Bonchev–Trinajstić information content (AvgIpc) is 3.09. The van der Waals surface area contributed by atoms with Crippen molar-refractivity contribution in [3.05, 3.63) is 36.4 Å². The van der Waals surface area contributed by atoms with Crippen LogP contribution in [0.25, 0.3) is 22.1 Å². The molecule has 0 amide bonds. The number of furan rings is 1. The highest BCUT2D eigenvalue weighted by Crippen LogP contribution is 2.35. The summed E-state index contributed by atoms with van der Waals surface area (Å²) in [6.07, 6.45) is 1.52. The Labute approximate surface area is 142 Å². The Bertz CT molecular complexity index is 1050. The molecule has 1 aromatic carbocycles. The first-order valence-corrected chi connectivity index (χ1v) is 8.28. The summed E-state index contributed by atoms with van der Waals surface area (Å²) in [5, 5.41) is 10.6. The minimum Gasteiger partial charge on any atom is -0.451 e. The fourth-order valence-electron chi connectivity index (χ4n) is 2.52. The molecule has 0 radical (unpaired) electrons. The molecule has 7 nitrogen and oxygen atoms in total. The molecule has 4 rings (SSSR count). The molecule has 0 fully saturated rings. The summed E-state index contributed by atoms with van der Waals surface area (Å²) in [4.78, 5) is 8.68. The number of aromatic nitrogens is 5. The highest BCUT2D eigenvalue weighted by atomic mass is 32.2. The number of para-hydroxylation sites is 1. The van der Waals surface area contributed by atoms with Crippen LogP contribution in [0, 0.1) is 0 Å². The van der Waals surface area contributed by atoms with E-state index in [9.17, 15) is 0 Å². The fourth-order valence-corrected chi connectivity index (χ4v) is 3.29. The van der Waals surface area contributed by atoms with E-state index in [0.29, 0.717) is 21.6 Å². The van der Waals surface area contributed by atoms with Crippen LogP contribution in [0.4, 0.5) is 0 Å². The van der Waals surface area contributed by atoms with Gasteiger partial charge in [0.15, 0.2) is 16.4 Å². The van der Waals surface area contributed by atoms with Gasteiger partial charge in [0.1, 0.15) is 17.4 Å². The van der Waals surface area contributed by atoms with E-state index in [1.807, 2.05) is 45.0 Å². The maximum Gasteiger partial charge on any atom is 0.216 e. The number of nitrogen functional groups attached to an aromatic ring is 1. The van der Waals surface area contributed by atoms with Crippen molar-refractivity contribution in [3.63, 3.8) is 0 Å². The molecule has 2 N–H and O–H groups in total. The number of rotatable bonds is 2. The van der Waals surface area contributed by atoms with Crippen molar-refractivity contribution in [2.24, 2.45) is 0 Å². The predicted octanol–water partition coefficient (Wildman–Crippen LogP) is 3.13. The maximum atomic E-state index is 6.15. The molecule has 0 saturated carbocycles. The molecule has 8 heteroatoms. The first-order chi connectivity index (χ1) is 11.4. The van der Waals surface area contributed by atoms with Gasteiger partial charge in [0.25, 0.3) is 0 Å². The van der Waals surface area contributed by atoms with Crippen molar-refractivity contribution in [1.29, 1.82) is 0 Å². The summed E-state index contributed by atoms with van der Waals surface area (Å²) >= 11 is 1.32. The predicted molar refractivity (Wildman–Crippen MR) is 92.3 cm³/mol. The highest BCUT2D eigenvalue weighted by molar-refractivity contribution is 7.99. The Balaban J connectivity index is 1.82. The van der Waals surface area contributed by atoms with Crippen LogP contribution in [-0.2, 0) is 5.41 Å². The molecule has 0 aliphatic rings. The molecule has 4 aromatic rings. The second kappa shape index (κ2) is 5.20. The number of nitrogens with two attached hydrogens (primary N) is 1. The van der Waals surface area contributed by atoms with Crippen molar-refractivity contribution in [1.82, 2.24) is 24.8 Å². The van der Waals surface area contributed by atoms with Crippen LogP contribution < -0.4 is 5.84 Å². The van der Waals surface area contributed by atoms with Crippen LogP contribution in [-0.4, -0.2) is 24.8 Å². The minimum atomic E-state index is -0.194. The van der Waals surface area contributed by atoms with Gasteiger partial charge >= 0.3 is 0 Å². The third kappa shape index (κ3) is 2.30. The number of hydrogen-bond donors (Lipinski definition) is 1. The van der Waals surface area contributed by atoms with Gasteiger partial charge in [-0.2, -0.15) is 0 Å². The van der Waals surface area contributed by atoms with Gasteiger partial charge in [-0.3, -0.25) is 0 Å². The summed E-state index contributed by atoms with van der Waals surface area (Å²) in [6, 6.07) is 7.77. The molecular weight excluding hydrogens is 324 g/mol. The van der Waals surface area contributed by atoms with Crippen molar-refractivity contribution in [2.45, 2.75) is 36.4 Å². The lowest BCUT2D eigenvalue weighted by Gasteiger charge is -2.16. The van der Waals surface area contributed by atoms with Crippen molar-refractivity contribution >= 4 is 33.8 Å². The Hall–Kier alpha value is -2.61. The Kier molecular flexibility index (Phi) is 3.24. The van der Waals surface area contributed by atoms with E-state index in [2.05, 4.69) is 20.2 Å². The quantitative estimate of drug-likeness (QED) is 0.442. The number of nitrogens with zero attached hydrogens (tertiary/aromatic N) is 5. The molecule has 3 aromatic heterocycles. The fraction of sp³-hybridized carbons (Fsp3) is 0.250. The smallest absolute Gasteiger partial charge is 0.216 e. The van der Waals surface area contributed by atoms with Crippen LogP contribution in [0.15, 0.2) is 45.2 Å². The normalized spacial score (nSPS) is 12.3. The largest absolute Gasteiger partial charge is 0.451 e. The van der Waals surface area contributed by atoms with Gasteiger partial charge in [-0.15, -0.1) is 10.2 Å². The van der Waals surface area contributed by atoms with Crippen molar-refractivity contribution < 1.29 is 4.42 Å². The van der Waals surface area contributed by atoms with E-state index in [0.717, 1.165) is 16.5 Å². The van der Waals surface area contributed by atoms with E-state index in [1.165, 1.54) is 22.8 Å². The van der Waals surface area contributed by atoms with Gasteiger partial charge < -0.3 is 10.3 Å². The van der Waals surface area contributed by atoms with E-state index in [-0.39, 0.29) is 5.41 Å². The minimum absolute atomic E-state index is 0.194. The molecule has 0 aliphatic carbocycles. The number of hydrogen-bond acceptors (Lipinski definition) is 7. The lowest BCUT2D eigenvalue weighted by molar-refractivity contribution is 0.523. The summed E-state index contributed by atoms with van der Waals surface area (Å²) < 4.78 is 7.43. The SMILES string of the molecule is CC(C)(C)c1nnc(Sc2ncnc3c2oc2ccccc23)n1N. The van der Waals surface area contributed by atoms with E-state index in [4.69, 9.17) is 10.3 Å². The first kappa shape index (κ1) is 14.9. The van der Waals surface area contributed by atoms with Crippen molar-refractivity contribution in [3.8, 4) is 0 Å². The molecule has 0 unspecified atom stereocenters. The highest BCUT2D eigenvalue weighted by Gasteiger charge is 2.24. The molecule has 0 aliphatic heterocycles. The zero-order valence-corrected chi connectivity index (χ0v) is 14.3. The number of benzene rings is 1. The third-order valence-corrected chi connectivity index (χ3v) is 4.59. The van der Waals surface area contributed by atoms with Crippen LogP contribution >= 0.6 is 11.8 Å². The van der Waals surface area contributed by atoms with Gasteiger partial charge in [-0.1, -0.05) is 32.9 Å². The van der Waals surface area contributed by atoms with Gasteiger partial charge in [-0.05, 0) is 23.9 Å². The monoisotopic (exact) mass is 340 g/mol. The topological polar surface area (TPSA) is 95.6 Å². The van der Waals surface area contributed by atoms with Gasteiger partial charge in [0.2, 0.25) is 5.16 Å². The van der Waals surface area contributed by atoms with Crippen LogP contribution in [0.2, 0.25) is 0 Å². The summed E-state index contributed by atoms with van der Waals surface area (Å²) in [7, 11) is 0. The number of fused-ring (bicyclic) bond motifs is 3. The van der Waals surface area contributed by atoms with E-state index in [1.54, 1.807) is 0 Å². The van der Waals surface area contributed by atoms with E-state index < -0.39 is 0 Å². The van der Waals surface area contributed by atoms with Gasteiger partial charge in [-0.25, -0.2) is 14.6 Å². The molecule has 0 spiro atoms. The van der Waals surface area contributed by atoms with Crippen LogP contribution in [0.5, 0.6) is 0 Å². The van der Waals surface area contributed by atoms with E-state index >= 15 is 0 Å². The van der Waals surface area contributed by atoms with Crippen molar-refractivity contribution in [2.75, 3.05) is 5.84 Å². The third-order valence-electron chi connectivity index (χ3n) is 3.65. The summed E-state index contributed by atoms with van der Waals surface area (Å²) in [6.45, 7) is 6.12. The molecule has 0 saturated heterocycles. The Morgan fingerprint density at radius 3 is 2.67 bits per heavy atom. The first-order valence-electron chi connectivity index (χ1n) is 7.46. The molecule has 24 heavy (non-hydrogen) atoms. The molecule has 0 bridgehead atoms. The van der Waals surface area contributed by atoms with Crippen LogP contribution in [0.1, 0.15) is 26.6 Å². The second-order valence-corrected chi connectivity index (χ2v) is 7.44. The average molecular weight is 340 g/mol. The lowest BCUT2D eigenvalue weighted by Crippen LogP contribution is -2.24. The second-order valence-electron chi connectivity index (χ2n) is 6.48. The zero-order chi connectivity index (χ0) is 16.9. The standard InChI is InChI=1S/C16H16N6OS/c1-16(2,3)14-20-21-15(22(14)17)24-13-12-11(18-8-19-13)9-6-4-5-7-10(9)23-12/h4-8H,17H2,1-3H3. The van der Waals surface area contributed by atoms with Gasteiger partial charge in [0.05, 0.1) is 0 Å².